The van der Waals surface area contributed by atoms with Gasteiger partial charge in [0.15, 0.2) is 0 Å². The van der Waals surface area contributed by atoms with E-state index in [-0.39, 0.29) is 17.4 Å². The molecule has 1 fully saturated rings. The summed E-state index contributed by atoms with van der Waals surface area (Å²) in [5.41, 5.74) is 3.05. The molecule has 1 heterocycles. The van der Waals surface area contributed by atoms with Gasteiger partial charge in [0.05, 0.1) is 6.10 Å². The van der Waals surface area contributed by atoms with Crippen LogP contribution in [0.5, 0.6) is 0 Å². The van der Waals surface area contributed by atoms with Gasteiger partial charge in [0, 0.05) is 18.7 Å². The first-order valence-electron chi connectivity index (χ1n) is 7.37. The predicted molar refractivity (Wildman–Crippen MR) is 81.0 cm³/mol. The molecule has 1 aromatic carbocycles. The van der Waals surface area contributed by atoms with E-state index in [0.717, 1.165) is 11.1 Å². The Morgan fingerprint density at radius 2 is 1.85 bits per heavy atom. The fourth-order valence-corrected chi connectivity index (χ4v) is 2.56. The first-order chi connectivity index (χ1) is 9.29. The molecule has 3 heteroatoms. The molecule has 0 radical (unpaired) electrons. The number of amides is 1. The van der Waals surface area contributed by atoms with Gasteiger partial charge in [-0.1, -0.05) is 32.9 Å². The molecule has 0 unspecified atom stereocenters. The largest absolute Gasteiger partial charge is 0.393 e. The molecule has 1 aliphatic rings. The second kappa shape index (κ2) is 5.57. The molecular weight excluding hydrogens is 250 g/mol. The van der Waals surface area contributed by atoms with Crippen molar-refractivity contribution in [3.63, 3.8) is 0 Å². The molecule has 1 aromatic rings. The van der Waals surface area contributed by atoms with E-state index in [1.54, 1.807) is 0 Å². The topological polar surface area (TPSA) is 40.5 Å². The van der Waals surface area contributed by atoms with Crippen LogP contribution in [0.3, 0.4) is 0 Å². The highest BCUT2D eigenvalue weighted by atomic mass is 16.3. The number of piperidine rings is 1. The number of likely N-dealkylation sites (tertiary alicyclic amines) is 1. The predicted octanol–water partition coefficient (Wildman–Crippen LogP) is 2.89. The fourth-order valence-electron chi connectivity index (χ4n) is 2.56. The van der Waals surface area contributed by atoms with Crippen LogP contribution in [0.4, 0.5) is 0 Å². The molecule has 1 amide bonds. The number of carbonyl (C=O) groups excluding carboxylic acids is 1. The van der Waals surface area contributed by atoms with Crippen LogP contribution in [0, 0.1) is 6.92 Å². The van der Waals surface area contributed by atoms with Crippen molar-refractivity contribution in [1.29, 1.82) is 0 Å². The number of aliphatic hydroxyl groups is 1. The molecule has 0 spiro atoms. The summed E-state index contributed by atoms with van der Waals surface area (Å²) >= 11 is 0. The van der Waals surface area contributed by atoms with Crippen LogP contribution in [0.25, 0.3) is 0 Å². The molecule has 2 rings (SSSR count). The molecule has 20 heavy (non-hydrogen) atoms. The lowest BCUT2D eigenvalue weighted by molar-refractivity contribution is 0.0546. The molecule has 0 aliphatic carbocycles. The maximum atomic E-state index is 12.7. The third-order valence-electron chi connectivity index (χ3n) is 4.09. The Balaban J connectivity index is 2.25. The Bertz CT molecular complexity index is 494. The van der Waals surface area contributed by atoms with Crippen molar-refractivity contribution < 1.29 is 9.90 Å². The lowest BCUT2D eigenvalue weighted by Crippen LogP contribution is -2.40. The lowest BCUT2D eigenvalue weighted by atomic mass is 9.85. The van der Waals surface area contributed by atoms with Gasteiger partial charge in [0.25, 0.3) is 5.91 Å². The van der Waals surface area contributed by atoms with Gasteiger partial charge in [0.1, 0.15) is 0 Å². The highest BCUT2D eigenvalue weighted by Gasteiger charge is 2.24. The van der Waals surface area contributed by atoms with Crippen LogP contribution < -0.4 is 0 Å². The quantitative estimate of drug-likeness (QED) is 0.856. The third-order valence-corrected chi connectivity index (χ3v) is 4.09. The molecule has 1 aliphatic heterocycles. The van der Waals surface area contributed by atoms with Crippen LogP contribution in [-0.4, -0.2) is 35.1 Å². The van der Waals surface area contributed by atoms with Gasteiger partial charge in [-0.15, -0.1) is 0 Å². The number of benzene rings is 1. The summed E-state index contributed by atoms with van der Waals surface area (Å²) in [5.74, 6) is 0.0977. The number of nitrogens with zero attached hydrogens (tertiary/aromatic N) is 1. The molecule has 0 atom stereocenters. The van der Waals surface area contributed by atoms with Crippen LogP contribution in [-0.2, 0) is 5.41 Å². The van der Waals surface area contributed by atoms with E-state index in [2.05, 4.69) is 26.8 Å². The summed E-state index contributed by atoms with van der Waals surface area (Å²) in [6.07, 6.45) is 1.12. The Kier molecular flexibility index (Phi) is 4.19. The van der Waals surface area contributed by atoms with Crippen LogP contribution >= 0.6 is 0 Å². The van der Waals surface area contributed by atoms with Crippen molar-refractivity contribution in [3.05, 3.63) is 34.9 Å². The molecule has 0 aromatic heterocycles. The smallest absolute Gasteiger partial charge is 0.254 e. The molecule has 3 nitrogen and oxygen atoms in total. The monoisotopic (exact) mass is 275 g/mol. The van der Waals surface area contributed by atoms with Gasteiger partial charge < -0.3 is 10.0 Å². The van der Waals surface area contributed by atoms with E-state index in [4.69, 9.17) is 0 Å². The molecule has 0 bridgehead atoms. The Hall–Kier alpha value is -1.35. The Morgan fingerprint density at radius 3 is 2.40 bits per heavy atom. The van der Waals surface area contributed by atoms with E-state index in [1.807, 2.05) is 24.0 Å². The van der Waals surface area contributed by atoms with Gasteiger partial charge in [-0.25, -0.2) is 0 Å². The minimum Gasteiger partial charge on any atom is -0.393 e. The molecule has 1 saturated heterocycles. The van der Waals surface area contributed by atoms with Crippen LogP contribution in [0.1, 0.15) is 55.1 Å². The first-order valence-corrected chi connectivity index (χ1v) is 7.37. The number of rotatable bonds is 1. The Morgan fingerprint density at radius 1 is 1.25 bits per heavy atom. The van der Waals surface area contributed by atoms with Crippen molar-refractivity contribution in [1.82, 2.24) is 4.90 Å². The van der Waals surface area contributed by atoms with E-state index in [9.17, 15) is 9.90 Å². The zero-order valence-corrected chi connectivity index (χ0v) is 12.9. The first kappa shape index (κ1) is 15.0. The SMILES string of the molecule is Cc1ccc(C(C)(C)C)cc1C(=O)N1CCC(O)CC1. The van der Waals surface area contributed by atoms with E-state index < -0.39 is 0 Å². The summed E-state index contributed by atoms with van der Waals surface area (Å²) in [6, 6.07) is 6.17. The number of carbonyl (C=O) groups is 1. The van der Waals surface area contributed by atoms with Gasteiger partial charge in [-0.3, -0.25) is 4.79 Å². The van der Waals surface area contributed by atoms with Crippen molar-refractivity contribution in [2.24, 2.45) is 0 Å². The average molecular weight is 275 g/mol. The maximum absolute atomic E-state index is 12.7. The summed E-state index contributed by atoms with van der Waals surface area (Å²) in [6.45, 7) is 9.76. The Labute approximate surface area is 121 Å². The summed E-state index contributed by atoms with van der Waals surface area (Å²) in [4.78, 5) is 14.5. The average Bonchev–Trinajstić information content (AvgIpc) is 2.38. The number of hydrogen-bond donors (Lipinski definition) is 1. The summed E-state index contributed by atoms with van der Waals surface area (Å²) < 4.78 is 0. The number of hydrogen-bond acceptors (Lipinski definition) is 2. The van der Waals surface area contributed by atoms with Gasteiger partial charge in [-0.05, 0) is 42.4 Å². The van der Waals surface area contributed by atoms with Crippen LogP contribution in [0.2, 0.25) is 0 Å². The van der Waals surface area contributed by atoms with Gasteiger partial charge in [0.2, 0.25) is 0 Å². The minimum atomic E-state index is -0.249. The summed E-state index contributed by atoms with van der Waals surface area (Å²) in [7, 11) is 0. The zero-order chi connectivity index (χ0) is 14.9. The van der Waals surface area contributed by atoms with Crippen molar-refractivity contribution in [3.8, 4) is 0 Å². The van der Waals surface area contributed by atoms with Crippen molar-refractivity contribution in [2.75, 3.05) is 13.1 Å². The molecule has 110 valence electrons. The molecular formula is C17H25NO2. The van der Waals surface area contributed by atoms with E-state index in [1.165, 1.54) is 5.56 Å². The summed E-state index contributed by atoms with van der Waals surface area (Å²) in [5, 5.41) is 9.55. The normalized spacial score (nSPS) is 17.4. The van der Waals surface area contributed by atoms with E-state index in [0.29, 0.717) is 25.9 Å². The van der Waals surface area contributed by atoms with Crippen LogP contribution in [0.15, 0.2) is 18.2 Å². The third kappa shape index (κ3) is 3.21. The minimum absolute atomic E-state index is 0.0425. The van der Waals surface area contributed by atoms with Gasteiger partial charge in [-0.2, -0.15) is 0 Å². The molecule has 1 N–H and O–H groups in total. The highest BCUT2D eigenvalue weighted by molar-refractivity contribution is 5.96. The second-order valence-corrected chi connectivity index (χ2v) is 6.80. The standard InChI is InChI=1S/C17H25NO2/c1-12-5-6-13(17(2,3)4)11-15(12)16(20)18-9-7-14(19)8-10-18/h5-6,11,14,19H,7-10H2,1-4H3. The van der Waals surface area contributed by atoms with Crippen molar-refractivity contribution >= 4 is 5.91 Å². The molecule has 0 saturated carbocycles. The van der Waals surface area contributed by atoms with E-state index >= 15 is 0 Å². The highest BCUT2D eigenvalue weighted by Crippen LogP contribution is 2.25. The fraction of sp³-hybridized carbons (Fsp3) is 0.588. The lowest BCUT2D eigenvalue weighted by Gasteiger charge is -2.30. The van der Waals surface area contributed by atoms with Gasteiger partial charge >= 0.3 is 0 Å². The zero-order valence-electron chi connectivity index (χ0n) is 12.9. The second-order valence-electron chi connectivity index (χ2n) is 6.80. The maximum Gasteiger partial charge on any atom is 0.254 e. The number of aryl methyl sites for hydroxylation is 1. The number of aliphatic hydroxyl groups excluding tert-OH is 1. The van der Waals surface area contributed by atoms with Crippen molar-refractivity contribution in [2.45, 2.75) is 52.1 Å².